The van der Waals surface area contributed by atoms with Crippen molar-refractivity contribution in [2.75, 3.05) is 10.6 Å². The van der Waals surface area contributed by atoms with Crippen molar-refractivity contribution < 1.29 is 9.59 Å². The van der Waals surface area contributed by atoms with Gasteiger partial charge in [-0.3, -0.25) is 9.59 Å². The lowest BCUT2D eigenvalue weighted by Crippen LogP contribution is -2.12. The van der Waals surface area contributed by atoms with Crippen LogP contribution in [0.3, 0.4) is 0 Å². The largest absolute Gasteiger partial charge is 0.326 e. The minimum Gasteiger partial charge on any atom is -0.326 e. The number of hydrogen-bond acceptors (Lipinski definition) is 2. The van der Waals surface area contributed by atoms with E-state index in [9.17, 15) is 9.59 Å². The van der Waals surface area contributed by atoms with Gasteiger partial charge in [0, 0.05) is 27.8 Å². The van der Waals surface area contributed by atoms with Gasteiger partial charge < -0.3 is 10.6 Å². The number of hydrogen-bond donors (Lipinski definition) is 2. The monoisotopic (exact) mass is 366 g/mol. The van der Waals surface area contributed by atoms with Gasteiger partial charge in [0.05, 0.1) is 5.56 Å². The average molecular weight is 368 g/mol. The summed E-state index contributed by atoms with van der Waals surface area (Å²) in [5.74, 6) is -0.386. The fraction of sp³-hybridized carbons (Fsp3) is 0.0667. The van der Waals surface area contributed by atoms with Crippen molar-refractivity contribution in [3.05, 3.63) is 57.5 Å². The molecule has 0 saturated heterocycles. The maximum Gasteiger partial charge on any atom is 0.256 e. The molecule has 0 radical (unpaired) electrons. The summed E-state index contributed by atoms with van der Waals surface area (Å²) in [6.07, 6.45) is 0. The molecule has 0 aliphatic rings. The number of carbonyl (C=O) groups is 2. The smallest absolute Gasteiger partial charge is 0.256 e. The number of halogens is 2. The number of anilines is 2. The van der Waals surface area contributed by atoms with Gasteiger partial charge in [-0.25, -0.2) is 0 Å². The maximum atomic E-state index is 12.2. The minimum atomic E-state index is -0.245. The molecule has 2 aromatic rings. The quantitative estimate of drug-likeness (QED) is 0.849. The van der Waals surface area contributed by atoms with Crippen LogP contribution in [0, 0.1) is 0 Å². The summed E-state index contributed by atoms with van der Waals surface area (Å²) in [5.41, 5.74) is 1.80. The van der Waals surface area contributed by atoms with E-state index >= 15 is 0 Å². The molecule has 2 amide bonds. The molecular formula is C15H12BrClN2O2. The molecule has 4 nitrogen and oxygen atoms in total. The third-order valence-corrected chi connectivity index (χ3v) is 3.53. The zero-order valence-corrected chi connectivity index (χ0v) is 13.5. The molecule has 0 fully saturated rings. The van der Waals surface area contributed by atoms with Gasteiger partial charge in [-0.2, -0.15) is 0 Å². The Morgan fingerprint density at radius 1 is 1.00 bits per heavy atom. The lowest BCUT2D eigenvalue weighted by molar-refractivity contribution is -0.114. The SMILES string of the molecule is CC(=O)Nc1ccc(NC(=O)c2ccc(Cl)cc2Br)cc1. The summed E-state index contributed by atoms with van der Waals surface area (Å²) in [6, 6.07) is 11.8. The summed E-state index contributed by atoms with van der Waals surface area (Å²) >= 11 is 9.15. The minimum absolute atomic E-state index is 0.142. The van der Waals surface area contributed by atoms with Gasteiger partial charge in [-0.1, -0.05) is 11.6 Å². The highest BCUT2D eigenvalue weighted by atomic mass is 79.9. The van der Waals surface area contributed by atoms with Crippen molar-refractivity contribution in [1.29, 1.82) is 0 Å². The van der Waals surface area contributed by atoms with Crippen molar-refractivity contribution in [2.45, 2.75) is 6.92 Å². The number of rotatable bonds is 3. The van der Waals surface area contributed by atoms with Crippen LogP contribution >= 0.6 is 27.5 Å². The summed E-state index contributed by atoms with van der Waals surface area (Å²) in [6.45, 7) is 1.44. The summed E-state index contributed by atoms with van der Waals surface area (Å²) in [7, 11) is 0. The number of nitrogens with one attached hydrogen (secondary N) is 2. The first-order valence-corrected chi connectivity index (χ1v) is 7.27. The molecule has 0 atom stereocenters. The standard InChI is InChI=1S/C15H12BrClN2O2/c1-9(20)18-11-3-5-12(6-4-11)19-15(21)13-7-2-10(17)8-14(13)16/h2-8H,1H3,(H,18,20)(H,19,21). The van der Waals surface area contributed by atoms with E-state index in [1.807, 2.05) is 0 Å². The Hall–Kier alpha value is -1.85. The molecule has 0 aliphatic carbocycles. The van der Waals surface area contributed by atoms with E-state index in [-0.39, 0.29) is 11.8 Å². The molecule has 2 aromatic carbocycles. The van der Waals surface area contributed by atoms with Crippen LogP contribution in [0.15, 0.2) is 46.9 Å². The second kappa shape index (κ2) is 6.74. The number of benzene rings is 2. The molecule has 0 unspecified atom stereocenters. The molecule has 2 N–H and O–H groups in total. The van der Waals surface area contributed by atoms with Gasteiger partial charge in [-0.05, 0) is 58.4 Å². The van der Waals surface area contributed by atoms with Gasteiger partial charge in [0.2, 0.25) is 5.91 Å². The second-order valence-corrected chi connectivity index (χ2v) is 5.63. The average Bonchev–Trinajstić information content (AvgIpc) is 2.40. The van der Waals surface area contributed by atoms with E-state index in [0.717, 1.165) is 0 Å². The molecule has 0 aliphatic heterocycles. The fourth-order valence-electron chi connectivity index (χ4n) is 1.71. The van der Waals surface area contributed by atoms with Crippen molar-refractivity contribution in [2.24, 2.45) is 0 Å². The summed E-state index contributed by atoms with van der Waals surface area (Å²) in [5, 5.41) is 5.99. The van der Waals surface area contributed by atoms with E-state index in [0.29, 0.717) is 26.4 Å². The second-order valence-electron chi connectivity index (χ2n) is 4.34. The Labute approximate surface area is 135 Å². The lowest BCUT2D eigenvalue weighted by atomic mass is 10.2. The predicted octanol–water partition coefficient (Wildman–Crippen LogP) is 4.31. The fourth-order valence-corrected chi connectivity index (χ4v) is 2.57. The number of amides is 2. The Kier molecular flexibility index (Phi) is 4.98. The Bertz CT molecular complexity index is 687. The van der Waals surface area contributed by atoms with Crippen molar-refractivity contribution in [3.63, 3.8) is 0 Å². The topological polar surface area (TPSA) is 58.2 Å². The van der Waals surface area contributed by atoms with Crippen LogP contribution in [-0.4, -0.2) is 11.8 Å². The Morgan fingerprint density at radius 2 is 1.57 bits per heavy atom. The summed E-state index contributed by atoms with van der Waals surface area (Å²) in [4.78, 5) is 23.1. The van der Waals surface area contributed by atoms with Crippen molar-refractivity contribution in [1.82, 2.24) is 0 Å². The van der Waals surface area contributed by atoms with E-state index in [2.05, 4.69) is 26.6 Å². The van der Waals surface area contributed by atoms with Gasteiger partial charge in [0.1, 0.15) is 0 Å². The highest BCUT2D eigenvalue weighted by Gasteiger charge is 2.10. The molecule has 0 bridgehead atoms. The molecule has 0 spiro atoms. The molecule has 0 aromatic heterocycles. The highest BCUT2D eigenvalue weighted by Crippen LogP contribution is 2.23. The van der Waals surface area contributed by atoms with Crippen molar-refractivity contribution in [3.8, 4) is 0 Å². The van der Waals surface area contributed by atoms with E-state index in [4.69, 9.17) is 11.6 Å². The maximum absolute atomic E-state index is 12.2. The molecule has 21 heavy (non-hydrogen) atoms. The number of carbonyl (C=O) groups excluding carboxylic acids is 2. The zero-order valence-electron chi connectivity index (χ0n) is 11.1. The van der Waals surface area contributed by atoms with E-state index in [1.54, 1.807) is 42.5 Å². The van der Waals surface area contributed by atoms with Crippen molar-refractivity contribution >= 4 is 50.7 Å². The van der Waals surface area contributed by atoms with E-state index < -0.39 is 0 Å². The van der Waals surface area contributed by atoms with Gasteiger partial charge in [0.15, 0.2) is 0 Å². The lowest BCUT2D eigenvalue weighted by Gasteiger charge is -2.08. The van der Waals surface area contributed by atoms with Crippen LogP contribution in [-0.2, 0) is 4.79 Å². The molecule has 0 saturated carbocycles. The van der Waals surface area contributed by atoms with Gasteiger partial charge in [0.25, 0.3) is 5.91 Å². The first-order valence-electron chi connectivity index (χ1n) is 6.10. The van der Waals surface area contributed by atoms with Crippen LogP contribution < -0.4 is 10.6 Å². The molecular weight excluding hydrogens is 356 g/mol. The molecule has 0 heterocycles. The third-order valence-electron chi connectivity index (χ3n) is 2.64. The predicted molar refractivity (Wildman–Crippen MR) is 87.9 cm³/mol. The van der Waals surface area contributed by atoms with Gasteiger partial charge >= 0.3 is 0 Å². The van der Waals surface area contributed by atoms with E-state index in [1.165, 1.54) is 6.92 Å². The molecule has 2 rings (SSSR count). The first-order chi connectivity index (χ1) is 9.95. The Balaban J connectivity index is 2.10. The highest BCUT2D eigenvalue weighted by molar-refractivity contribution is 9.10. The van der Waals surface area contributed by atoms with Crippen LogP contribution in [0.25, 0.3) is 0 Å². The van der Waals surface area contributed by atoms with Crippen LogP contribution in [0.5, 0.6) is 0 Å². The third kappa shape index (κ3) is 4.31. The first kappa shape index (κ1) is 15.5. The Morgan fingerprint density at radius 3 is 2.10 bits per heavy atom. The van der Waals surface area contributed by atoms with Gasteiger partial charge in [-0.15, -0.1) is 0 Å². The normalized spacial score (nSPS) is 10.0. The molecule has 6 heteroatoms. The summed E-state index contributed by atoms with van der Waals surface area (Å²) < 4.78 is 0.627. The van der Waals surface area contributed by atoms with Crippen LogP contribution in [0.4, 0.5) is 11.4 Å². The molecule has 108 valence electrons. The van der Waals surface area contributed by atoms with Crippen LogP contribution in [0.2, 0.25) is 5.02 Å². The van der Waals surface area contributed by atoms with Crippen LogP contribution in [0.1, 0.15) is 17.3 Å². The zero-order chi connectivity index (χ0) is 15.4.